The first-order valence-corrected chi connectivity index (χ1v) is 6.46. The van der Waals surface area contributed by atoms with Gasteiger partial charge in [-0.1, -0.05) is 6.07 Å². The van der Waals surface area contributed by atoms with Crippen LogP contribution in [-0.2, 0) is 14.4 Å². The number of carbonyl (C=O) groups is 3. The smallest absolute Gasteiger partial charge is 0.399 e. The van der Waals surface area contributed by atoms with Gasteiger partial charge in [0.15, 0.2) is 0 Å². The normalized spacial score (nSPS) is 18.0. The van der Waals surface area contributed by atoms with Crippen LogP contribution in [0.3, 0.4) is 0 Å². The molecule has 2 heterocycles. The monoisotopic (exact) mass is 300 g/mol. The third-order valence-corrected chi connectivity index (χ3v) is 3.38. The summed E-state index contributed by atoms with van der Waals surface area (Å²) in [5.41, 5.74) is 12.2. The van der Waals surface area contributed by atoms with Gasteiger partial charge in [-0.05, 0) is 24.3 Å². The minimum atomic E-state index is -1.22. The molecule has 0 saturated carbocycles. The zero-order valence-electron chi connectivity index (χ0n) is 11.4. The second kappa shape index (κ2) is 4.99. The van der Waals surface area contributed by atoms with E-state index in [1.54, 1.807) is 30.3 Å². The first-order chi connectivity index (χ1) is 10.5. The summed E-state index contributed by atoms with van der Waals surface area (Å²) in [5.74, 6) is -2.09. The molecule has 8 heteroatoms. The SMILES string of the molecule is NC(=O)ON1C(=O)CC(c2ccc3cc(N)ccc3n2)C1=O. The molecule has 4 N–H and O–H groups in total. The highest BCUT2D eigenvalue weighted by atomic mass is 16.7. The van der Waals surface area contributed by atoms with Crippen LogP contribution >= 0.6 is 0 Å². The number of amides is 3. The molecule has 1 aliphatic heterocycles. The Morgan fingerprint density at radius 1 is 1.27 bits per heavy atom. The highest BCUT2D eigenvalue weighted by molar-refractivity contribution is 6.05. The van der Waals surface area contributed by atoms with Crippen LogP contribution in [0.2, 0.25) is 0 Å². The molecule has 1 aliphatic rings. The quantitative estimate of drug-likeness (QED) is 0.619. The van der Waals surface area contributed by atoms with E-state index in [2.05, 4.69) is 9.82 Å². The Morgan fingerprint density at radius 2 is 2.05 bits per heavy atom. The van der Waals surface area contributed by atoms with Crippen molar-refractivity contribution in [1.82, 2.24) is 10.0 Å². The van der Waals surface area contributed by atoms with Gasteiger partial charge in [-0.3, -0.25) is 14.6 Å². The summed E-state index contributed by atoms with van der Waals surface area (Å²) in [5, 5.41) is 1.22. The number of hydrogen-bond acceptors (Lipinski definition) is 6. The number of hydrogen-bond donors (Lipinski definition) is 2. The van der Waals surface area contributed by atoms with E-state index >= 15 is 0 Å². The molecule has 0 bridgehead atoms. The van der Waals surface area contributed by atoms with Crippen LogP contribution in [-0.4, -0.2) is 28.0 Å². The van der Waals surface area contributed by atoms with Crippen molar-refractivity contribution in [2.45, 2.75) is 12.3 Å². The minimum absolute atomic E-state index is 0.125. The standard InChI is InChI=1S/C14H12N4O4/c15-8-2-4-10-7(5-8)1-3-11(17-10)9-6-12(19)18(13(9)20)22-14(16)21/h1-5,9H,6,15H2,(H2,16,21). The number of benzene rings is 1. The summed E-state index contributed by atoms with van der Waals surface area (Å²) in [6.07, 6.45) is -1.34. The summed E-state index contributed by atoms with van der Waals surface area (Å²) < 4.78 is 0. The van der Waals surface area contributed by atoms with E-state index in [-0.39, 0.29) is 6.42 Å². The number of nitrogen functional groups attached to an aromatic ring is 1. The number of aromatic nitrogens is 1. The van der Waals surface area contributed by atoms with E-state index in [4.69, 9.17) is 11.5 Å². The van der Waals surface area contributed by atoms with Crippen molar-refractivity contribution in [3.8, 4) is 0 Å². The van der Waals surface area contributed by atoms with E-state index < -0.39 is 23.8 Å². The van der Waals surface area contributed by atoms with Gasteiger partial charge in [0.25, 0.3) is 11.8 Å². The number of anilines is 1. The second-order valence-corrected chi connectivity index (χ2v) is 4.88. The third kappa shape index (κ3) is 2.30. The summed E-state index contributed by atoms with van der Waals surface area (Å²) in [6, 6.07) is 8.60. The van der Waals surface area contributed by atoms with Crippen LogP contribution in [0.4, 0.5) is 10.5 Å². The predicted octanol–water partition coefficient (Wildman–Crippen LogP) is 0.670. The van der Waals surface area contributed by atoms with Gasteiger partial charge < -0.3 is 16.3 Å². The summed E-state index contributed by atoms with van der Waals surface area (Å²) in [6.45, 7) is 0. The molecule has 1 aromatic heterocycles. The van der Waals surface area contributed by atoms with Gasteiger partial charge >= 0.3 is 6.09 Å². The minimum Gasteiger partial charge on any atom is -0.399 e. The number of primary amides is 1. The maximum atomic E-state index is 12.2. The molecule has 22 heavy (non-hydrogen) atoms. The topological polar surface area (TPSA) is 129 Å². The Bertz CT molecular complexity index is 805. The summed E-state index contributed by atoms with van der Waals surface area (Å²) in [4.78, 5) is 43.4. The van der Waals surface area contributed by atoms with Crippen molar-refractivity contribution in [3.63, 3.8) is 0 Å². The predicted molar refractivity (Wildman–Crippen MR) is 76.0 cm³/mol. The maximum absolute atomic E-state index is 12.2. The molecule has 1 atom stereocenters. The van der Waals surface area contributed by atoms with E-state index in [0.717, 1.165) is 5.39 Å². The molecular weight excluding hydrogens is 288 g/mol. The van der Waals surface area contributed by atoms with Crippen molar-refractivity contribution < 1.29 is 19.2 Å². The van der Waals surface area contributed by atoms with Crippen molar-refractivity contribution in [2.75, 3.05) is 5.73 Å². The molecule has 3 amide bonds. The van der Waals surface area contributed by atoms with Crippen LogP contribution in [0.1, 0.15) is 18.0 Å². The largest absolute Gasteiger partial charge is 0.429 e. The Kier molecular flexibility index (Phi) is 3.13. The van der Waals surface area contributed by atoms with E-state index in [1.165, 1.54) is 0 Å². The number of hydroxylamine groups is 2. The number of rotatable bonds is 2. The van der Waals surface area contributed by atoms with Gasteiger partial charge in [0.1, 0.15) is 0 Å². The highest BCUT2D eigenvalue weighted by Gasteiger charge is 2.43. The molecular formula is C14H12N4O4. The van der Waals surface area contributed by atoms with Crippen molar-refractivity contribution in [1.29, 1.82) is 0 Å². The Labute approximate surface area is 124 Å². The Hall–Kier alpha value is -3.16. The van der Waals surface area contributed by atoms with E-state index in [0.29, 0.717) is 22.0 Å². The number of fused-ring (bicyclic) bond motifs is 1. The van der Waals surface area contributed by atoms with Crippen LogP contribution in [0.25, 0.3) is 10.9 Å². The average Bonchev–Trinajstić information content (AvgIpc) is 2.74. The van der Waals surface area contributed by atoms with Gasteiger partial charge in [0.05, 0.1) is 17.1 Å². The second-order valence-electron chi connectivity index (χ2n) is 4.88. The molecule has 1 fully saturated rings. The lowest BCUT2D eigenvalue weighted by Gasteiger charge is -2.12. The molecule has 1 aromatic carbocycles. The van der Waals surface area contributed by atoms with Gasteiger partial charge in [0.2, 0.25) is 0 Å². The van der Waals surface area contributed by atoms with Crippen molar-refractivity contribution in [3.05, 3.63) is 36.0 Å². The fraction of sp³-hybridized carbons (Fsp3) is 0.143. The number of nitrogens with two attached hydrogens (primary N) is 2. The van der Waals surface area contributed by atoms with Crippen LogP contribution < -0.4 is 11.5 Å². The lowest BCUT2D eigenvalue weighted by molar-refractivity contribution is -0.171. The fourth-order valence-corrected chi connectivity index (χ4v) is 2.38. The van der Waals surface area contributed by atoms with Gasteiger partial charge in [-0.2, -0.15) is 0 Å². The molecule has 8 nitrogen and oxygen atoms in total. The maximum Gasteiger partial charge on any atom is 0.429 e. The first-order valence-electron chi connectivity index (χ1n) is 6.46. The highest BCUT2D eigenvalue weighted by Crippen LogP contribution is 2.30. The molecule has 3 rings (SSSR count). The number of carbonyl (C=O) groups excluding carboxylic acids is 3. The molecule has 1 saturated heterocycles. The van der Waals surface area contributed by atoms with Crippen LogP contribution in [0.5, 0.6) is 0 Å². The molecule has 1 unspecified atom stereocenters. The van der Waals surface area contributed by atoms with Crippen LogP contribution in [0, 0.1) is 0 Å². The first kappa shape index (κ1) is 13.8. The van der Waals surface area contributed by atoms with Gasteiger partial charge in [-0.25, -0.2) is 4.79 Å². The molecule has 112 valence electrons. The average molecular weight is 300 g/mol. The number of imide groups is 1. The van der Waals surface area contributed by atoms with Gasteiger partial charge in [0, 0.05) is 17.5 Å². The number of nitrogens with zero attached hydrogens (tertiary/aromatic N) is 2. The lowest BCUT2D eigenvalue weighted by Crippen LogP contribution is -2.35. The number of pyridine rings is 1. The van der Waals surface area contributed by atoms with Crippen molar-refractivity contribution in [2.24, 2.45) is 5.73 Å². The summed E-state index contributed by atoms with van der Waals surface area (Å²) >= 11 is 0. The van der Waals surface area contributed by atoms with E-state index in [1.807, 2.05) is 0 Å². The van der Waals surface area contributed by atoms with Crippen LogP contribution in [0.15, 0.2) is 30.3 Å². The third-order valence-electron chi connectivity index (χ3n) is 3.38. The lowest BCUT2D eigenvalue weighted by atomic mass is 10.0. The molecule has 0 aliphatic carbocycles. The fourth-order valence-electron chi connectivity index (χ4n) is 2.38. The molecule has 0 radical (unpaired) electrons. The molecule has 0 spiro atoms. The molecule has 2 aromatic rings. The summed E-state index contributed by atoms with van der Waals surface area (Å²) in [7, 11) is 0. The zero-order valence-corrected chi connectivity index (χ0v) is 11.4. The van der Waals surface area contributed by atoms with Crippen molar-refractivity contribution >= 4 is 34.5 Å². The Morgan fingerprint density at radius 3 is 2.77 bits per heavy atom. The van der Waals surface area contributed by atoms with Gasteiger partial charge in [-0.15, -0.1) is 5.06 Å². The van der Waals surface area contributed by atoms with E-state index in [9.17, 15) is 14.4 Å². The zero-order chi connectivity index (χ0) is 15.9. The Balaban J connectivity index is 1.94.